The van der Waals surface area contributed by atoms with Gasteiger partial charge in [0.25, 0.3) is 0 Å². The molecule has 0 aromatic heterocycles. The van der Waals surface area contributed by atoms with Crippen molar-refractivity contribution in [3.8, 4) is 0 Å². The summed E-state index contributed by atoms with van der Waals surface area (Å²) in [6.45, 7) is 37.9. The zero-order valence-corrected chi connectivity index (χ0v) is 35.7. The molecule has 4 nitrogen and oxygen atoms in total. The van der Waals surface area contributed by atoms with Gasteiger partial charge in [0.05, 0.1) is 49.3 Å². The second-order valence-corrected chi connectivity index (χ2v) is 22.2. The molecule has 0 rings (SSSR count). The molecule has 0 aliphatic heterocycles. The summed E-state index contributed by atoms with van der Waals surface area (Å²) in [5, 5.41) is 25.0. The van der Waals surface area contributed by atoms with Gasteiger partial charge in [0.15, 0.2) is 11.8 Å². The molecule has 0 fully saturated rings. The van der Waals surface area contributed by atoms with Gasteiger partial charge in [0.1, 0.15) is 0 Å². The van der Waals surface area contributed by atoms with Crippen LogP contribution in [0.1, 0.15) is 107 Å². The largest absolute Gasteiger partial charge is 0.512 e. The van der Waals surface area contributed by atoms with Crippen molar-refractivity contribution in [3.63, 3.8) is 0 Å². The predicted octanol–water partition coefficient (Wildman–Crippen LogP) is 10.4. The number of rotatable bonds is 20. The van der Waals surface area contributed by atoms with Crippen molar-refractivity contribution in [1.82, 2.24) is 0 Å². The van der Waals surface area contributed by atoms with E-state index < -0.39 is 0 Å². The Labute approximate surface area is 287 Å². The zero-order chi connectivity index (χ0) is 31.0. The topological polar surface area (TPSA) is 95.2 Å². The second kappa shape index (κ2) is 63.4. The summed E-state index contributed by atoms with van der Waals surface area (Å²) in [6, 6.07) is 0. The first-order valence-corrected chi connectivity index (χ1v) is 23.3. The van der Waals surface area contributed by atoms with Crippen LogP contribution in [0.25, 0.3) is 0 Å². The molecule has 0 heterocycles. The smallest absolute Gasteiger partial charge is 0.155 e. The number of nitrogens with zero attached hydrogens (tertiary/aromatic N) is 4. The third kappa shape index (κ3) is 51.8. The second-order valence-electron chi connectivity index (χ2n) is 9.35. The van der Waals surface area contributed by atoms with Crippen LogP contribution in [0, 0.1) is 47.3 Å². The maximum Gasteiger partial charge on any atom is 0.155 e. The molecule has 0 aliphatic rings. The number of hydrogen-bond donors (Lipinski definition) is 0. The molecule has 0 saturated heterocycles. The summed E-state index contributed by atoms with van der Waals surface area (Å²) in [5.41, 5.74) is 0. The molecule has 40 heavy (non-hydrogen) atoms. The van der Waals surface area contributed by atoms with Crippen LogP contribution in [-0.4, -0.2) is 61.1 Å². The molecular formula is C30H64N4P4Pt2. The minimum absolute atomic E-state index is 0. The average molecular weight is 995 g/mol. The fourth-order valence-corrected chi connectivity index (χ4v) is 22.7. The van der Waals surface area contributed by atoms with E-state index in [-0.39, 0.29) is 73.8 Å². The van der Waals surface area contributed by atoms with Gasteiger partial charge in [-0.15, -0.1) is 0 Å². The molecule has 0 amide bonds. The molecule has 0 aromatic rings. The van der Waals surface area contributed by atoms with Gasteiger partial charge in [-0.3, -0.25) is 0 Å². The Morgan fingerprint density at radius 1 is 0.300 bits per heavy atom. The fraction of sp³-hybridized carbons (Fsp3) is 0.867. The SMILES string of the molecule is CCC[PH+](CCC)C[PH+](CCC)CCC.CCC[PH+](CCC)C[PH+](CCC)CCC.[C-]#N.[C-]#N.[C-]#N.[C-]#N.[Pt].[Pt]. The van der Waals surface area contributed by atoms with Crippen molar-refractivity contribution in [2.45, 2.75) is 107 Å². The van der Waals surface area contributed by atoms with Gasteiger partial charge in [0, 0.05) is 73.8 Å². The standard InChI is InChI=1S/2C13H30P2.4CN.2Pt/c2*1-5-9-14(10-6-2)13-15(11-7-3)12-8-4;4*1-2;;/h2*5-13H2,1-4H3;;;;;;/q;;4*-1;;/p+4. The third-order valence-corrected chi connectivity index (χ3v) is 23.5. The number of hydrogen-bond acceptors (Lipinski definition) is 4. The molecular weight excluding hydrogens is 930 g/mol. The van der Waals surface area contributed by atoms with E-state index in [9.17, 15) is 0 Å². The van der Waals surface area contributed by atoms with Crippen LogP contribution in [0.4, 0.5) is 0 Å². The molecule has 244 valence electrons. The normalized spacial score (nSPS) is 8.90. The fourth-order valence-electron chi connectivity index (χ4n) is 4.74. The molecule has 0 atom stereocenters. The minimum Gasteiger partial charge on any atom is -0.512 e. The molecule has 0 radical (unpaired) electrons. The van der Waals surface area contributed by atoms with Gasteiger partial charge >= 0.3 is 0 Å². The molecule has 0 spiro atoms. The minimum atomic E-state index is 0. The molecule has 0 bridgehead atoms. The Balaban J connectivity index is -0.0000000653. The maximum atomic E-state index is 6.25. The van der Waals surface area contributed by atoms with Crippen LogP contribution in [0.2, 0.25) is 0 Å². The van der Waals surface area contributed by atoms with E-state index in [1.54, 1.807) is 61.1 Å². The van der Waals surface area contributed by atoms with Gasteiger partial charge in [-0.25, -0.2) is 0 Å². The van der Waals surface area contributed by atoms with Gasteiger partial charge in [0.2, 0.25) is 0 Å². The summed E-state index contributed by atoms with van der Waals surface area (Å²) in [5.74, 6) is 3.41. The van der Waals surface area contributed by atoms with E-state index in [0.717, 1.165) is 0 Å². The molecule has 0 saturated carbocycles. The quantitative estimate of drug-likeness (QED) is 0.0897. The molecule has 0 aromatic carbocycles. The summed E-state index contributed by atoms with van der Waals surface area (Å²) >= 11 is 0. The van der Waals surface area contributed by atoms with Crippen LogP contribution in [0.15, 0.2) is 0 Å². The van der Waals surface area contributed by atoms with Crippen LogP contribution < -0.4 is 0 Å². The van der Waals surface area contributed by atoms with E-state index in [4.69, 9.17) is 47.3 Å². The first-order chi connectivity index (χ1) is 18.6. The van der Waals surface area contributed by atoms with Crippen molar-refractivity contribution in [2.75, 3.05) is 61.1 Å². The van der Waals surface area contributed by atoms with Crippen molar-refractivity contribution >= 4 is 31.7 Å². The molecule has 0 aliphatic carbocycles. The predicted molar refractivity (Wildman–Crippen MR) is 184 cm³/mol. The van der Waals surface area contributed by atoms with E-state index in [0.29, 0.717) is 0 Å². The van der Waals surface area contributed by atoms with Gasteiger partial charge < -0.3 is 47.3 Å². The summed E-state index contributed by atoms with van der Waals surface area (Å²) in [6.07, 6.45) is 24.1. The average Bonchev–Trinajstić information content (AvgIpc) is 2.95. The Morgan fingerprint density at radius 3 is 0.475 bits per heavy atom. The third-order valence-electron chi connectivity index (χ3n) is 5.83. The van der Waals surface area contributed by atoms with Crippen molar-refractivity contribution < 1.29 is 42.1 Å². The van der Waals surface area contributed by atoms with Crippen LogP contribution in [0.5, 0.6) is 0 Å². The summed E-state index contributed by atoms with van der Waals surface area (Å²) in [4.78, 5) is 0. The molecule has 0 unspecified atom stereocenters. The van der Waals surface area contributed by atoms with Crippen LogP contribution in [0.3, 0.4) is 0 Å². The van der Waals surface area contributed by atoms with Gasteiger partial charge in [-0.1, -0.05) is 55.4 Å². The molecule has 10 heteroatoms. The van der Waals surface area contributed by atoms with E-state index in [1.165, 1.54) is 51.4 Å². The van der Waals surface area contributed by atoms with Gasteiger partial charge in [-0.2, -0.15) is 0 Å². The molecule has 0 N–H and O–H groups in total. The van der Waals surface area contributed by atoms with Crippen LogP contribution >= 0.6 is 31.7 Å². The van der Waals surface area contributed by atoms with Crippen LogP contribution in [-0.2, 0) is 42.1 Å². The van der Waals surface area contributed by atoms with Crippen molar-refractivity contribution in [2.24, 2.45) is 0 Å². The summed E-state index contributed by atoms with van der Waals surface area (Å²) < 4.78 is 0. The Morgan fingerprint density at radius 2 is 0.400 bits per heavy atom. The Hall–Kier alpha value is 1.06. The first kappa shape index (κ1) is 60.3. The Kier molecular flexibility index (Phi) is 95.5. The maximum absolute atomic E-state index is 6.25. The summed E-state index contributed by atoms with van der Waals surface area (Å²) in [7, 11) is 0.225. The Bertz CT molecular complexity index is 376. The van der Waals surface area contributed by atoms with Crippen molar-refractivity contribution in [3.05, 3.63) is 26.3 Å². The van der Waals surface area contributed by atoms with Gasteiger partial charge in [-0.05, 0) is 51.4 Å². The zero-order valence-electron chi connectivity index (χ0n) is 27.1. The van der Waals surface area contributed by atoms with E-state index in [1.807, 2.05) is 0 Å². The van der Waals surface area contributed by atoms with Crippen molar-refractivity contribution in [1.29, 1.82) is 21.0 Å². The van der Waals surface area contributed by atoms with E-state index in [2.05, 4.69) is 55.4 Å². The first-order valence-electron chi connectivity index (χ1n) is 14.8. The monoisotopic (exact) mass is 994 g/mol. The van der Waals surface area contributed by atoms with E-state index >= 15 is 0 Å².